The summed E-state index contributed by atoms with van der Waals surface area (Å²) in [5.74, 6) is 0.975. The Morgan fingerprint density at radius 3 is 3.22 bits per heavy atom. The molecular weight excluding hydrogens is 228 g/mol. The predicted octanol–water partition coefficient (Wildman–Crippen LogP) is 0.995. The van der Waals surface area contributed by atoms with Gasteiger partial charge < -0.3 is 10.2 Å². The molecule has 0 aliphatic carbocycles. The minimum absolute atomic E-state index is 0.0284. The molecule has 5 heteroatoms. The summed E-state index contributed by atoms with van der Waals surface area (Å²) in [6.45, 7) is 5.77. The number of carbonyl (C=O) groups excluding carboxylic acids is 1. The summed E-state index contributed by atoms with van der Waals surface area (Å²) >= 11 is 0. The largest absolute Gasteiger partial charge is 0.355 e. The Hall–Kier alpha value is -1.91. The van der Waals surface area contributed by atoms with Crippen LogP contribution in [0.3, 0.4) is 0 Å². The number of nitrogens with one attached hydrogen (secondary N) is 1. The number of amides is 1. The highest BCUT2D eigenvalue weighted by molar-refractivity contribution is 5.79. The third-order valence-corrected chi connectivity index (χ3v) is 3.09. The van der Waals surface area contributed by atoms with E-state index in [-0.39, 0.29) is 11.8 Å². The fourth-order valence-corrected chi connectivity index (χ4v) is 2.17. The van der Waals surface area contributed by atoms with Crippen LogP contribution in [-0.2, 0) is 4.79 Å². The second-order valence-corrected chi connectivity index (χ2v) is 4.38. The molecule has 96 valence electrons. The highest BCUT2D eigenvalue weighted by Crippen LogP contribution is 2.20. The summed E-state index contributed by atoms with van der Waals surface area (Å²) in [5, 5.41) is 2.85. The standard InChI is InChI=1S/C13H18N4O/c1-2-5-16-13(18)11-4-3-8-17(10-11)12-9-14-6-7-15-12/h2,6-7,9,11H,1,3-5,8,10H2,(H,16,18)/t11-/m0/s1. The van der Waals surface area contributed by atoms with Crippen molar-refractivity contribution >= 4 is 11.7 Å². The SMILES string of the molecule is C=CCNC(=O)[C@H]1CCCN(c2cnccn2)C1. The maximum absolute atomic E-state index is 11.9. The zero-order valence-electron chi connectivity index (χ0n) is 10.4. The van der Waals surface area contributed by atoms with E-state index in [1.165, 1.54) is 0 Å². The van der Waals surface area contributed by atoms with Gasteiger partial charge in [0.25, 0.3) is 0 Å². The van der Waals surface area contributed by atoms with Crippen LogP contribution in [0.15, 0.2) is 31.2 Å². The highest BCUT2D eigenvalue weighted by atomic mass is 16.1. The van der Waals surface area contributed by atoms with Crippen molar-refractivity contribution in [2.45, 2.75) is 12.8 Å². The Morgan fingerprint density at radius 2 is 2.50 bits per heavy atom. The summed E-state index contributed by atoms with van der Waals surface area (Å²) in [4.78, 5) is 22.4. The molecule has 2 rings (SSSR count). The van der Waals surface area contributed by atoms with E-state index < -0.39 is 0 Å². The molecule has 1 amide bonds. The minimum atomic E-state index is 0.0284. The molecule has 0 bridgehead atoms. The monoisotopic (exact) mass is 246 g/mol. The summed E-state index contributed by atoms with van der Waals surface area (Å²) in [6.07, 6.45) is 8.70. The van der Waals surface area contributed by atoms with Gasteiger partial charge in [0, 0.05) is 32.0 Å². The van der Waals surface area contributed by atoms with Gasteiger partial charge in [-0.3, -0.25) is 9.78 Å². The van der Waals surface area contributed by atoms with Crippen molar-refractivity contribution in [1.82, 2.24) is 15.3 Å². The van der Waals surface area contributed by atoms with Gasteiger partial charge in [0.1, 0.15) is 5.82 Å². The van der Waals surface area contributed by atoms with Gasteiger partial charge in [-0.2, -0.15) is 0 Å². The number of aromatic nitrogens is 2. The minimum Gasteiger partial charge on any atom is -0.355 e. The van der Waals surface area contributed by atoms with E-state index >= 15 is 0 Å². The molecule has 18 heavy (non-hydrogen) atoms. The van der Waals surface area contributed by atoms with Crippen molar-refractivity contribution in [3.05, 3.63) is 31.2 Å². The molecule has 0 saturated carbocycles. The molecule has 1 aromatic rings. The number of hydrogen-bond acceptors (Lipinski definition) is 4. The van der Waals surface area contributed by atoms with Gasteiger partial charge in [0.2, 0.25) is 5.91 Å². The van der Waals surface area contributed by atoms with Gasteiger partial charge in [0.05, 0.1) is 12.1 Å². The third kappa shape index (κ3) is 3.06. The van der Waals surface area contributed by atoms with E-state index in [1.807, 2.05) is 0 Å². The first kappa shape index (κ1) is 12.5. The van der Waals surface area contributed by atoms with Crippen LogP contribution in [0.1, 0.15) is 12.8 Å². The summed E-state index contributed by atoms with van der Waals surface area (Å²) in [5.41, 5.74) is 0. The van der Waals surface area contributed by atoms with Crippen LogP contribution >= 0.6 is 0 Å². The summed E-state index contributed by atoms with van der Waals surface area (Å²) < 4.78 is 0. The molecular formula is C13H18N4O. The number of carbonyl (C=O) groups is 1. The number of rotatable bonds is 4. The molecule has 1 aliphatic heterocycles. The van der Waals surface area contributed by atoms with Gasteiger partial charge >= 0.3 is 0 Å². The van der Waals surface area contributed by atoms with Gasteiger partial charge in [-0.1, -0.05) is 6.08 Å². The topological polar surface area (TPSA) is 58.1 Å². The lowest BCUT2D eigenvalue weighted by Crippen LogP contribution is -2.43. The maximum atomic E-state index is 11.9. The van der Waals surface area contributed by atoms with Crippen molar-refractivity contribution in [2.75, 3.05) is 24.5 Å². The molecule has 0 spiro atoms. The van der Waals surface area contributed by atoms with Crippen LogP contribution in [0.5, 0.6) is 0 Å². The molecule has 1 N–H and O–H groups in total. The van der Waals surface area contributed by atoms with Gasteiger partial charge in [-0.15, -0.1) is 6.58 Å². The summed E-state index contributed by atoms with van der Waals surface area (Å²) in [6, 6.07) is 0. The zero-order valence-corrected chi connectivity index (χ0v) is 10.4. The van der Waals surface area contributed by atoms with Crippen molar-refractivity contribution in [3.63, 3.8) is 0 Å². The normalized spacial score (nSPS) is 19.3. The van der Waals surface area contributed by atoms with Crippen LogP contribution in [0.25, 0.3) is 0 Å². The quantitative estimate of drug-likeness (QED) is 0.805. The molecule has 1 aliphatic rings. The Kier molecular flexibility index (Phi) is 4.28. The second kappa shape index (κ2) is 6.14. The molecule has 1 aromatic heterocycles. The van der Waals surface area contributed by atoms with E-state index in [0.717, 1.165) is 25.2 Å². The van der Waals surface area contributed by atoms with E-state index in [9.17, 15) is 4.79 Å². The molecule has 1 atom stereocenters. The van der Waals surface area contributed by atoms with Crippen molar-refractivity contribution < 1.29 is 4.79 Å². The number of piperidine rings is 1. The third-order valence-electron chi connectivity index (χ3n) is 3.09. The average Bonchev–Trinajstić information content (AvgIpc) is 2.46. The van der Waals surface area contributed by atoms with Gasteiger partial charge in [-0.05, 0) is 12.8 Å². The van der Waals surface area contributed by atoms with E-state index in [2.05, 4.69) is 26.8 Å². The van der Waals surface area contributed by atoms with Crippen LogP contribution in [0, 0.1) is 5.92 Å². The Balaban J connectivity index is 1.96. The van der Waals surface area contributed by atoms with E-state index in [4.69, 9.17) is 0 Å². The van der Waals surface area contributed by atoms with Crippen LogP contribution in [-0.4, -0.2) is 35.5 Å². The van der Waals surface area contributed by atoms with Gasteiger partial charge in [-0.25, -0.2) is 4.98 Å². The van der Waals surface area contributed by atoms with Crippen LogP contribution < -0.4 is 10.2 Å². The maximum Gasteiger partial charge on any atom is 0.225 e. The molecule has 1 saturated heterocycles. The summed E-state index contributed by atoms with van der Waals surface area (Å²) in [7, 11) is 0. The first-order valence-corrected chi connectivity index (χ1v) is 6.21. The molecule has 0 radical (unpaired) electrons. The fraction of sp³-hybridized carbons (Fsp3) is 0.462. The lowest BCUT2D eigenvalue weighted by atomic mass is 9.97. The van der Waals surface area contributed by atoms with Gasteiger partial charge in [0.15, 0.2) is 0 Å². The molecule has 5 nitrogen and oxygen atoms in total. The number of nitrogens with zero attached hydrogens (tertiary/aromatic N) is 3. The highest BCUT2D eigenvalue weighted by Gasteiger charge is 2.26. The molecule has 0 aromatic carbocycles. The second-order valence-electron chi connectivity index (χ2n) is 4.38. The first-order chi connectivity index (χ1) is 8.81. The Labute approximate surface area is 107 Å². The smallest absolute Gasteiger partial charge is 0.225 e. The van der Waals surface area contributed by atoms with Crippen molar-refractivity contribution in [3.8, 4) is 0 Å². The average molecular weight is 246 g/mol. The predicted molar refractivity (Wildman–Crippen MR) is 70.2 cm³/mol. The Bertz CT molecular complexity index is 407. The first-order valence-electron chi connectivity index (χ1n) is 6.21. The lowest BCUT2D eigenvalue weighted by Gasteiger charge is -2.32. The molecule has 1 fully saturated rings. The zero-order chi connectivity index (χ0) is 12.8. The van der Waals surface area contributed by atoms with E-state index in [0.29, 0.717) is 13.1 Å². The van der Waals surface area contributed by atoms with Crippen LogP contribution in [0.2, 0.25) is 0 Å². The molecule has 0 unspecified atom stereocenters. The van der Waals surface area contributed by atoms with E-state index in [1.54, 1.807) is 24.7 Å². The fourth-order valence-electron chi connectivity index (χ4n) is 2.17. The number of anilines is 1. The van der Waals surface area contributed by atoms with Crippen molar-refractivity contribution in [2.24, 2.45) is 5.92 Å². The lowest BCUT2D eigenvalue weighted by molar-refractivity contribution is -0.125. The number of hydrogen-bond donors (Lipinski definition) is 1. The van der Waals surface area contributed by atoms with Crippen molar-refractivity contribution in [1.29, 1.82) is 0 Å². The molecule has 2 heterocycles. The Morgan fingerprint density at radius 1 is 1.61 bits per heavy atom. The van der Waals surface area contributed by atoms with Crippen LogP contribution in [0.4, 0.5) is 5.82 Å².